The molecule has 0 rings (SSSR count). The van der Waals surface area contributed by atoms with Crippen LogP contribution in [0.2, 0.25) is 0 Å². The second-order valence-electron chi connectivity index (χ2n) is 2.12. The van der Waals surface area contributed by atoms with Crippen LogP contribution < -0.4 is 0 Å². The van der Waals surface area contributed by atoms with Gasteiger partial charge in [0, 0.05) is 0 Å². The number of ether oxygens (including phenoxy) is 1. The molecule has 0 saturated carbocycles. The molecule has 0 radical (unpaired) electrons. The van der Waals surface area contributed by atoms with Crippen LogP contribution in [0.5, 0.6) is 0 Å². The molecule has 0 aliphatic carbocycles. The van der Waals surface area contributed by atoms with Gasteiger partial charge in [0.05, 0.1) is 0 Å². The Morgan fingerprint density at radius 2 is 2.09 bits per heavy atom. The molecule has 2 nitrogen and oxygen atoms in total. The summed E-state index contributed by atoms with van der Waals surface area (Å²) in [7, 11) is 0. The highest BCUT2D eigenvalue weighted by atomic mass is 16.5. The standard InChI is InChI=1S/C9H14O2/c1-2-3-4-5-6-7-8-11-9-10/h2,6-7,9H,1,3-5,8H2. The van der Waals surface area contributed by atoms with E-state index in [0.717, 1.165) is 19.3 Å². The van der Waals surface area contributed by atoms with Crippen LogP contribution in [0.1, 0.15) is 19.3 Å². The van der Waals surface area contributed by atoms with Crippen LogP contribution in [0, 0.1) is 0 Å². The van der Waals surface area contributed by atoms with Gasteiger partial charge in [-0.2, -0.15) is 0 Å². The highest BCUT2D eigenvalue weighted by Crippen LogP contribution is 1.96. The van der Waals surface area contributed by atoms with Crippen molar-refractivity contribution in [3.63, 3.8) is 0 Å². The topological polar surface area (TPSA) is 26.3 Å². The molecular weight excluding hydrogens is 140 g/mol. The summed E-state index contributed by atoms with van der Waals surface area (Å²) in [5.41, 5.74) is 0. The molecule has 0 unspecified atom stereocenters. The Kier molecular flexibility index (Phi) is 8.10. The highest BCUT2D eigenvalue weighted by Gasteiger charge is 1.79. The fourth-order valence-electron chi connectivity index (χ4n) is 0.661. The van der Waals surface area contributed by atoms with Crippen LogP contribution in [-0.2, 0) is 9.53 Å². The van der Waals surface area contributed by atoms with Gasteiger partial charge >= 0.3 is 0 Å². The van der Waals surface area contributed by atoms with Gasteiger partial charge in [-0.15, -0.1) is 6.58 Å². The van der Waals surface area contributed by atoms with Crippen LogP contribution >= 0.6 is 0 Å². The Morgan fingerprint density at radius 1 is 1.27 bits per heavy atom. The van der Waals surface area contributed by atoms with Crippen molar-refractivity contribution in [1.82, 2.24) is 0 Å². The van der Waals surface area contributed by atoms with Crippen molar-refractivity contribution >= 4 is 6.47 Å². The van der Waals surface area contributed by atoms with Crippen molar-refractivity contribution in [3.05, 3.63) is 24.8 Å². The Balaban J connectivity index is 3.02. The lowest BCUT2D eigenvalue weighted by Crippen LogP contribution is -1.85. The molecule has 0 amide bonds. The molecular formula is C9H14O2. The minimum absolute atomic E-state index is 0.386. The Morgan fingerprint density at radius 3 is 2.73 bits per heavy atom. The largest absolute Gasteiger partial charge is 0.464 e. The van der Waals surface area contributed by atoms with Crippen LogP contribution in [0.3, 0.4) is 0 Å². The summed E-state index contributed by atoms with van der Waals surface area (Å²) in [5, 5.41) is 0. The van der Waals surface area contributed by atoms with Crippen molar-refractivity contribution < 1.29 is 9.53 Å². The van der Waals surface area contributed by atoms with E-state index >= 15 is 0 Å². The van der Waals surface area contributed by atoms with Gasteiger partial charge in [0.25, 0.3) is 6.47 Å². The Hall–Kier alpha value is -1.05. The van der Waals surface area contributed by atoms with E-state index in [1.807, 2.05) is 18.2 Å². The lowest BCUT2D eigenvalue weighted by atomic mass is 10.2. The van der Waals surface area contributed by atoms with E-state index in [9.17, 15) is 4.79 Å². The summed E-state index contributed by atoms with van der Waals surface area (Å²) < 4.78 is 4.45. The molecule has 0 saturated heterocycles. The van der Waals surface area contributed by atoms with Crippen molar-refractivity contribution in [2.75, 3.05) is 6.61 Å². The average molecular weight is 154 g/mol. The third kappa shape index (κ3) is 8.95. The lowest BCUT2D eigenvalue weighted by Gasteiger charge is -1.90. The van der Waals surface area contributed by atoms with Gasteiger partial charge in [-0.1, -0.05) is 18.2 Å². The van der Waals surface area contributed by atoms with Gasteiger partial charge in [-0.25, -0.2) is 0 Å². The normalized spacial score (nSPS) is 9.82. The average Bonchev–Trinajstić information content (AvgIpc) is 2.03. The van der Waals surface area contributed by atoms with Gasteiger partial charge in [0.1, 0.15) is 6.61 Å². The van der Waals surface area contributed by atoms with E-state index in [1.165, 1.54) is 0 Å². The number of allylic oxidation sites excluding steroid dienone is 2. The summed E-state index contributed by atoms with van der Waals surface area (Å²) in [6.07, 6.45) is 8.93. The van der Waals surface area contributed by atoms with Gasteiger partial charge in [-0.05, 0) is 19.3 Å². The van der Waals surface area contributed by atoms with Gasteiger partial charge in [0.15, 0.2) is 0 Å². The molecule has 0 bridgehead atoms. The third-order valence-electron chi connectivity index (χ3n) is 1.21. The molecule has 0 heterocycles. The lowest BCUT2D eigenvalue weighted by molar-refractivity contribution is -0.127. The number of unbranched alkanes of at least 4 members (excludes halogenated alkanes) is 2. The number of hydrogen-bond donors (Lipinski definition) is 0. The number of rotatable bonds is 7. The molecule has 0 aromatic rings. The first-order valence-electron chi connectivity index (χ1n) is 3.73. The molecule has 0 fully saturated rings. The predicted molar refractivity (Wildman–Crippen MR) is 45.2 cm³/mol. The van der Waals surface area contributed by atoms with Gasteiger partial charge in [0.2, 0.25) is 0 Å². The molecule has 0 spiro atoms. The zero-order valence-electron chi connectivity index (χ0n) is 6.66. The number of carbonyl (C=O) groups excluding carboxylic acids is 1. The second-order valence-corrected chi connectivity index (χ2v) is 2.12. The van der Waals surface area contributed by atoms with Crippen molar-refractivity contribution in [3.8, 4) is 0 Å². The maximum absolute atomic E-state index is 9.67. The molecule has 0 aliphatic rings. The third-order valence-corrected chi connectivity index (χ3v) is 1.21. The molecule has 0 aliphatic heterocycles. The predicted octanol–water partition coefficient (Wildman–Crippen LogP) is 2.07. The monoisotopic (exact) mass is 154 g/mol. The number of carbonyl (C=O) groups is 1. The molecule has 0 aromatic carbocycles. The van der Waals surface area contributed by atoms with Crippen molar-refractivity contribution in [1.29, 1.82) is 0 Å². The van der Waals surface area contributed by atoms with Crippen molar-refractivity contribution in [2.24, 2.45) is 0 Å². The van der Waals surface area contributed by atoms with E-state index in [4.69, 9.17) is 0 Å². The number of hydrogen-bond acceptors (Lipinski definition) is 2. The maximum Gasteiger partial charge on any atom is 0.293 e. The van der Waals surface area contributed by atoms with E-state index in [2.05, 4.69) is 11.3 Å². The summed E-state index contributed by atoms with van der Waals surface area (Å²) >= 11 is 0. The fourth-order valence-corrected chi connectivity index (χ4v) is 0.661. The smallest absolute Gasteiger partial charge is 0.293 e. The first-order chi connectivity index (χ1) is 5.41. The molecule has 62 valence electrons. The SMILES string of the molecule is C=CCCCC=CCOC=O. The minimum Gasteiger partial charge on any atom is -0.464 e. The van der Waals surface area contributed by atoms with Crippen LogP contribution in [0.25, 0.3) is 0 Å². The van der Waals surface area contributed by atoms with Crippen LogP contribution in [-0.4, -0.2) is 13.1 Å². The first kappa shape index (κ1) is 9.95. The molecule has 0 aromatic heterocycles. The van der Waals surface area contributed by atoms with Gasteiger partial charge in [-0.3, -0.25) is 4.79 Å². The molecule has 11 heavy (non-hydrogen) atoms. The maximum atomic E-state index is 9.67. The molecule has 0 atom stereocenters. The van der Waals surface area contributed by atoms with E-state index in [1.54, 1.807) is 0 Å². The van der Waals surface area contributed by atoms with E-state index in [0.29, 0.717) is 13.1 Å². The van der Waals surface area contributed by atoms with Gasteiger partial charge < -0.3 is 4.74 Å². The summed E-state index contributed by atoms with van der Waals surface area (Å²) in [5.74, 6) is 0. The van der Waals surface area contributed by atoms with E-state index in [-0.39, 0.29) is 0 Å². The first-order valence-corrected chi connectivity index (χ1v) is 3.73. The summed E-state index contributed by atoms with van der Waals surface area (Å²) in [6.45, 7) is 4.45. The highest BCUT2D eigenvalue weighted by molar-refractivity contribution is 5.37. The van der Waals surface area contributed by atoms with Crippen molar-refractivity contribution in [2.45, 2.75) is 19.3 Å². The molecule has 2 heteroatoms. The fraction of sp³-hybridized carbons (Fsp3) is 0.444. The second kappa shape index (κ2) is 8.95. The van der Waals surface area contributed by atoms with Crippen LogP contribution in [0.4, 0.5) is 0 Å². The molecule has 0 N–H and O–H groups in total. The zero-order valence-corrected chi connectivity index (χ0v) is 6.66. The summed E-state index contributed by atoms with van der Waals surface area (Å²) in [4.78, 5) is 9.67. The quantitative estimate of drug-likeness (QED) is 0.319. The Labute approximate surface area is 67.6 Å². The Bertz CT molecular complexity index is 128. The minimum atomic E-state index is 0.386. The summed E-state index contributed by atoms with van der Waals surface area (Å²) in [6, 6.07) is 0. The zero-order chi connectivity index (χ0) is 8.36. The van der Waals surface area contributed by atoms with E-state index < -0.39 is 0 Å². The van der Waals surface area contributed by atoms with Crippen LogP contribution in [0.15, 0.2) is 24.8 Å².